The van der Waals surface area contributed by atoms with Crippen LogP contribution in [0.5, 0.6) is 17.2 Å². The summed E-state index contributed by atoms with van der Waals surface area (Å²) in [5.74, 6) is -0.0259. The van der Waals surface area contributed by atoms with Gasteiger partial charge in [0, 0.05) is 6.07 Å². The minimum Gasteiger partial charge on any atom is -0.508 e. The number of hydrogen-bond acceptors (Lipinski definition) is 8. The molecule has 0 amide bonds. The molecule has 0 saturated heterocycles. The molecule has 0 aliphatic heterocycles. The average molecular weight is 372 g/mol. The predicted octanol–water partition coefficient (Wildman–Crippen LogP) is 2.45. The Morgan fingerprint density at radius 3 is 2.81 bits per heavy atom. The molecule has 2 aromatic carbocycles. The van der Waals surface area contributed by atoms with Crippen molar-refractivity contribution in [3.8, 4) is 22.9 Å². The molecule has 1 aromatic heterocycles. The maximum atomic E-state index is 12.3. The van der Waals surface area contributed by atoms with Gasteiger partial charge in [0.05, 0.1) is 17.9 Å². The maximum absolute atomic E-state index is 12.3. The van der Waals surface area contributed by atoms with Crippen molar-refractivity contribution in [2.24, 2.45) is 0 Å². The van der Waals surface area contributed by atoms with Crippen molar-refractivity contribution in [1.82, 2.24) is 20.2 Å². The highest BCUT2D eigenvalue weighted by Gasteiger charge is 2.17. The lowest BCUT2D eigenvalue weighted by Gasteiger charge is -2.10. The number of tetrazole rings is 1. The Hall–Kier alpha value is -3.07. The van der Waals surface area contributed by atoms with Crippen LogP contribution in [0.2, 0.25) is 0 Å². The molecule has 0 bridgehead atoms. The Bertz CT molecular complexity index is 929. The van der Waals surface area contributed by atoms with Gasteiger partial charge >= 0.3 is 0 Å². The molecule has 0 atom stereocenters. The Morgan fingerprint density at radius 1 is 1.23 bits per heavy atom. The Kier molecular flexibility index (Phi) is 5.37. The van der Waals surface area contributed by atoms with E-state index in [0.29, 0.717) is 23.2 Å². The number of benzene rings is 2. The number of phenolic OH excluding ortho intramolecular Hbond substituents is 2. The lowest BCUT2D eigenvalue weighted by Crippen LogP contribution is -2.06. The normalized spacial score (nSPS) is 10.7. The molecule has 26 heavy (non-hydrogen) atoms. The summed E-state index contributed by atoms with van der Waals surface area (Å²) in [7, 11) is 0. The number of Topliss-reactive ketones (excluding diaryl/α,β-unsaturated/α-hetero) is 1. The number of thioether (sulfide) groups is 1. The van der Waals surface area contributed by atoms with Crippen molar-refractivity contribution in [2.45, 2.75) is 12.1 Å². The zero-order valence-electron chi connectivity index (χ0n) is 13.9. The van der Waals surface area contributed by atoms with E-state index in [4.69, 9.17) is 4.74 Å². The molecule has 3 rings (SSSR count). The van der Waals surface area contributed by atoms with Crippen molar-refractivity contribution >= 4 is 17.5 Å². The molecule has 2 N–H and O–H groups in total. The Balaban J connectivity index is 1.79. The van der Waals surface area contributed by atoms with Crippen LogP contribution in [0, 0.1) is 0 Å². The summed E-state index contributed by atoms with van der Waals surface area (Å²) < 4.78 is 7.09. The third-order valence-corrected chi connectivity index (χ3v) is 4.37. The van der Waals surface area contributed by atoms with Crippen molar-refractivity contribution in [3.05, 3.63) is 48.0 Å². The first-order chi connectivity index (χ1) is 12.6. The number of hydrogen-bond donors (Lipinski definition) is 2. The summed E-state index contributed by atoms with van der Waals surface area (Å²) >= 11 is 1.14. The molecule has 3 aromatic rings. The topological polar surface area (TPSA) is 110 Å². The second-order valence-electron chi connectivity index (χ2n) is 5.19. The number of para-hydroxylation sites is 2. The number of rotatable bonds is 7. The minimum absolute atomic E-state index is 0.0233. The molecular formula is C17H16N4O4S. The first kappa shape index (κ1) is 17.7. The SMILES string of the molecule is CCOc1ccccc1-n1nnnc1SCC(=O)c1ccc(O)cc1O. The van der Waals surface area contributed by atoms with Crippen molar-refractivity contribution in [1.29, 1.82) is 0 Å². The molecule has 8 nitrogen and oxygen atoms in total. The van der Waals surface area contributed by atoms with Gasteiger partial charge in [-0.25, -0.2) is 0 Å². The van der Waals surface area contributed by atoms with E-state index in [9.17, 15) is 15.0 Å². The van der Waals surface area contributed by atoms with Gasteiger partial charge in [0.1, 0.15) is 22.9 Å². The first-order valence-corrected chi connectivity index (χ1v) is 8.77. The number of aromatic nitrogens is 4. The second kappa shape index (κ2) is 7.87. The number of phenols is 2. The zero-order valence-corrected chi connectivity index (χ0v) is 14.7. The first-order valence-electron chi connectivity index (χ1n) is 7.78. The maximum Gasteiger partial charge on any atom is 0.214 e. The summed E-state index contributed by atoms with van der Waals surface area (Å²) in [5, 5.41) is 31.1. The van der Waals surface area contributed by atoms with E-state index in [1.54, 1.807) is 0 Å². The number of carbonyl (C=O) groups is 1. The van der Waals surface area contributed by atoms with Crippen molar-refractivity contribution in [3.63, 3.8) is 0 Å². The number of ether oxygens (including phenoxy) is 1. The third-order valence-electron chi connectivity index (χ3n) is 3.45. The Morgan fingerprint density at radius 2 is 2.04 bits per heavy atom. The van der Waals surface area contributed by atoms with Crippen LogP contribution in [0.25, 0.3) is 5.69 Å². The standard InChI is InChI=1S/C17H16N4O4S/c1-2-25-16-6-4-3-5-13(16)21-17(18-19-20-21)26-10-15(24)12-8-7-11(22)9-14(12)23/h3-9,22-23H,2,10H2,1H3. The summed E-state index contributed by atoms with van der Waals surface area (Å²) in [6.45, 7) is 2.38. The van der Waals surface area contributed by atoms with E-state index in [2.05, 4.69) is 15.5 Å². The van der Waals surface area contributed by atoms with E-state index >= 15 is 0 Å². The van der Waals surface area contributed by atoms with E-state index in [1.807, 2.05) is 31.2 Å². The smallest absolute Gasteiger partial charge is 0.214 e. The average Bonchev–Trinajstić information content (AvgIpc) is 3.09. The van der Waals surface area contributed by atoms with E-state index in [-0.39, 0.29) is 28.6 Å². The summed E-state index contributed by atoms with van der Waals surface area (Å²) in [5.41, 5.74) is 0.797. The summed E-state index contributed by atoms with van der Waals surface area (Å²) in [6, 6.07) is 11.2. The van der Waals surface area contributed by atoms with Crippen LogP contribution in [-0.2, 0) is 0 Å². The van der Waals surface area contributed by atoms with Crippen LogP contribution in [0.1, 0.15) is 17.3 Å². The molecule has 134 valence electrons. The number of nitrogens with zero attached hydrogens (tertiary/aromatic N) is 4. The molecule has 0 aliphatic carbocycles. The number of aromatic hydroxyl groups is 2. The van der Waals surface area contributed by atoms with E-state index < -0.39 is 0 Å². The minimum atomic E-state index is -0.305. The van der Waals surface area contributed by atoms with Crippen LogP contribution in [0.3, 0.4) is 0 Å². The lowest BCUT2D eigenvalue weighted by molar-refractivity contribution is 0.102. The summed E-state index contributed by atoms with van der Waals surface area (Å²) in [6.07, 6.45) is 0. The second-order valence-corrected chi connectivity index (χ2v) is 6.13. The van der Waals surface area contributed by atoms with Crippen LogP contribution >= 0.6 is 11.8 Å². The molecule has 0 spiro atoms. The molecule has 0 fully saturated rings. The third kappa shape index (κ3) is 3.77. The van der Waals surface area contributed by atoms with Crippen LogP contribution in [-0.4, -0.2) is 48.6 Å². The molecule has 0 saturated carbocycles. The van der Waals surface area contributed by atoms with Crippen molar-refractivity contribution < 1.29 is 19.7 Å². The quantitative estimate of drug-likeness (QED) is 0.481. The van der Waals surface area contributed by atoms with Gasteiger partial charge in [-0.15, -0.1) is 5.10 Å². The molecular weight excluding hydrogens is 356 g/mol. The number of ketones is 1. The largest absolute Gasteiger partial charge is 0.508 e. The van der Waals surface area contributed by atoms with Gasteiger partial charge in [-0.3, -0.25) is 4.79 Å². The predicted molar refractivity (Wildman–Crippen MR) is 95.1 cm³/mol. The monoisotopic (exact) mass is 372 g/mol. The molecule has 0 radical (unpaired) electrons. The summed E-state index contributed by atoms with van der Waals surface area (Å²) in [4.78, 5) is 12.3. The number of carbonyl (C=O) groups excluding carboxylic acids is 1. The highest BCUT2D eigenvalue weighted by molar-refractivity contribution is 7.99. The van der Waals surface area contributed by atoms with Gasteiger partial charge < -0.3 is 14.9 Å². The zero-order chi connectivity index (χ0) is 18.5. The molecule has 0 aliphatic rings. The van der Waals surface area contributed by atoms with Gasteiger partial charge in [-0.05, 0) is 41.6 Å². The fourth-order valence-corrected chi connectivity index (χ4v) is 3.06. The van der Waals surface area contributed by atoms with E-state index in [1.165, 1.54) is 16.8 Å². The fourth-order valence-electron chi connectivity index (χ4n) is 2.29. The van der Waals surface area contributed by atoms with Gasteiger partial charge in [-0.2, -0.15) is 4.68 Å². The van der Waals surface area contributed by atoms with E-state index in [0.717, 1.165) is 17.8 Å². The van der Waals surface area contributed by atoms with Crippen molar-refractivity contribution in [2.75, 3.05) is 12.4 Å². The van der Waals surface area contributed by atoms with Crippen LogP contribution in [0.4, 0.5) is 0 Å². The van der Waals surface area contributed by atoms with Gasteiger partial charge in [0.25, 0.3) is 0 Å². The highest BCUT2D eigenvalue weighted by Crippen LogP contribution is 2.28. The Labute approximate surface area is 153 Å². The van der Waals surface area contributed by atoms with Crippen LogP contribution in [0.15, 0.2) is 47.6 Å². The molecule has 1 heterocycles. The highest BCUT2D eigenvalue weighted by atomic mass is 32.2. The molecule has 9 heteroatoms. The van der Waals surface area contributed by atoms with Gasteiger partial charge in [-0.1, -0.05) is 23.9 Å². The van der Waals surface area contributed by atoms with Gasteiger partial charge in [0.2, 0.25) is 5.16 Å². The lowest BCUT2D eigenvalue weighted by atomic mass is 10.1. The van der Waals surface area contributed by atoms with Gasteiger partial charge in [0.15, 0.2) is 5.78 Å². The molecule has 0 unspecified atom stereocenters. The van der Waals surface area contributed by atoms with Crippen LogP contribution < -0.4 is 4.74 Å². The fraction of sp³-hybridized carbons (Fsp3) is 0.176.